The van der Waals surface area contributed by atoms with Crippen molar-refractivity contribution >= 4 is 40.8 Å². The van der Waals surface area contributed by atoms with E-state index in [1.54, 1.807) is 0 Å². The van der Waals surface area contributed by atoms with E-state index in [9.17, 15) is 0 Å². The molecule has 0 saturated heterocycles. The van der Waals surface area contributed by atoms with Gasteiger partial charge in [-0.2, -0.15) is 0 Å². The highest BCUT2D eigenvalue weighted by Gasteiger charge is 2.11. The van der Waals surface area contributed by atoms with Crippen LogP contribution in [0.15, 0.2) is 29.3 Å². The molecule has 4 nitrogen and oxygen atoms in total. The highest BCUT2D eigenvalue weighted by molar-refractivity contribution is 14.0. The number of aromatic nitrogens is 1. The second-order valence-electron chi connectivity index (χ2n) is 5.01. The summed E-state index contributed by atoms with van der Waals surface area (Å²) >= 11 is 0. The first-order chi connectivity index (χ1) is 9.27. The largest absolute Gasteiger partial charge is 0.356 e. The summed E-state index contributed by atoms with van der Waals surface area (Å²) in [6.07, 6.45) is 1.12. The Morgan fingerprint density at radius 2 is 2.15 bits per heavy atom. The molecular weight excluding hydrogens is 363 g/mol. The van der Waals surface area contributed by atoms with E-state index in [0.717, 1.165) is 32.0 Å². The fraction of sp³-hybridized carbons (Fsp3) is 0.400. The van der Waals surface area contributed by atoms with Crippen molar-refractivity contribution in [1.82, 2.24) is 15.2 Å². The van der Waals surface area contributed by atoms with Crippen molar-refractivity contribution in [2.45, 2.75) is 19.9 Å². The van der Waals surface area contributed by atoms with E-state index in [2.05, 4.69) is 58.4 Å². The molecule has 108 valence electrons. The van der Waals surface area contributed by atoms with Gasteiger partial charge in [0.1, 0.15) is 0 Å². The van der Waals surface area contributed by atoms with Gasteiger partial charge in [-0.05, 0) is 25.0 Å². The zero-order chi connectivity index (χ0) is 13.2. The SMILES string of the molecule is Cc1c(CNC2=NCCCN2)n(C)c2ccccc12.I. The Kier molecular flexibility index (Phi) is 4.91. The Hall–Kier alpha value is -1.24. The number of benzene rings is 1. The third kappa shape index (κ3) is 2.77. The maximum atomic E-state index is 4.44. The van der Waals surface area contributed by atoms with Gasteiger partial charge in [0.25, 0.3) is 0 Å². The second-order valence-corrected chi connectivity index (χ2v) is 5.01. The summed E-state index contributed by atoms with van der Waals surface area (Å²) in [5, 5.41) is 8.02. The maximum absolute atomic E-state index is 4.44. The molecule has 1 aromatic carbocycles. The van der Waals surface area contributed by atoms with Crippen LogP contribution in [0.1, 0.15) is 17.7 Å². The Morgan fingerprint density at radius 3 is 2.85 bits per heavy atom. The molecular formula is C15H21IN4. The molecule has 0 unspecified atom stereocenters. The van der Waals surface area contributed by atoms with Gasteiger partial charge < -0.3 is 15.2 Å². The fourth-order valence-corrected chi connectivity index (χ4v) is 2.71. The lowest BCUT2D eigenvalue weighted by Crippen LogP contribution is -2.40. The van der Waals surface area contributed by atoms with Crippen LogP contribution >= 0.6 is 24.0 Å². The number of halogens is 1. The first kappa shape index (κ1) is 15.2. The summed E-state index contributed by atoms with van der Waals surface area (Å²) < 4.78 is 2.26. The van der Waals surface area contributed by atoms with Crippen LogP contribution in [0.3, 0.4) is 0 Å². The van der Waals surface area contributed by atoms with Crippen LogP contribution in [0.5, 0.6) is 0 Å². The smallest absolute Gasteiger partial charge is 0.191 e. The fourth-order valence-electron chi connectivity index (χ4n) is 2.71. The molecule has 0 saturated carbocycles. The summed E-state index contributed by atoms with van der Waals surface area (Å²) in [5.41, 5.74) is 3.95. The van der Waals surface area contributed by atoms with E-state index in [4.69, 9.17) is 0 Å². The lowest BCUT2D eigenvalue weighted by molar-refractivity contribution is 0.690. The number of fused-ring (bicyclic) bond motifs is 1. The van der Waals surface area contributed by atoms with Crippen molar-refractivity contribution in [3.63, 3.8) is 0 Å². The van der Waals surface area contributed by atoms with Crippen molar-refractivity contribution in [1.29, 1.82) is 0 Å². The van der Waals surface area contributed by atoms with Crippen molar-refractivity contribution in [3.8, 4) is 0 Å². The average Bonchev–Trinajstić information content (AvgIpc) is 2.71. The van der Waals surface area contributed by atoms with Gasteiger partial charge in [-0.15, -0.1) is 24.0 Å². The molecule has 20 heavy (non-hydrogen) atoms. The lowest BCUT2D eigenvalue weighted by atomic mass is 10.1. The molecule has 2 aromatic rings. The van der Waals surface area contributed by atoms with Gasteiger partial charge in [-0.1, -0.05) is 18.2 Å². The second kappa shape index (κ2) is 6.47. The molecule has 0 bridgehead atoms. The van der Waals surface area contributed by atoms with Crippen molar-refractivity contribution in [2.24, 2.45) is 12.0 Å². The molecule has 0 radical (unpaired) electrons. The van der Waals surface area contributed by atoms with Crippen LogP contribution in [-0.2, 0) is 13.6 Å². The van der Waals surface area contributed by atoms with Crippen molar-refractivity contribution < 1.29 is 0 Å². The molecule has 0 aliphatic carbocycles. The number of aliphatic imine (C=N–C) groups is 1. The number of nitrogens with one attached hydrogen (secondary N) is 2. The minimum atomic E-state index is 0. The Bertz CT molecular complexity index is 591. The number of aryl methyl sites for hydroxylation is 2. The number of nitrogens with zero attached hydrogens (tertiary/aromatic N) is 2. The highest BCUT2D eigenvalue weighted by Crippen LogP contribution is 2.24. The highest BCUT2D eigenvalue weighted by atomic mass is 127. The average molecular weight is 384 g/mol. The monoisotopic (exact) mass is 384 g/mol. The van der Waals surface area contributed by atoms with E-state index >= 15 is 0 Å². The van der Waals surface area contributed by atoms with E-state index in [-0.39, 0.29) is 24.0 Å². The zero-order valence-electron chi connectivity index (χ0n) is 11.9. The number of guanidine groups is 1. The van der Waals surface area contributed by atoms with E-state index in [1.807, 2.05) is 0 Å². The molecule has 0 atom stereocenters. The Balaban J connectivity index is 0.00000147. The van der Waals surface area contributed by atoms with Gasteiger partial charge in [0.15, 0.2) is 5.96 Å². The van der Waals surface area contributed by atoms with Crippen LogP contribution < -0.4 is 10.6 Å². The molecule has 5 heteroatoms. The van der Waals surface area contributed by atoms with Crippen LogP contribution in [-0.4, -0.2) is 23.6 Å². The van der Waals surface area contributed by atoms with Gasteiger partial charge in [0.2, 0.25) is 0 Å². The minimum Gasteiger partial charge on any atom is -0.356 e. The summed E-state index contributed by atoms with van der Waals surface area (Å²) in [6.45, 7) is 4.93. The minimum absolute atomic E-state index is 0. The predicted octanol–water partition coefficient (Wildman–Crippen LogP) is 2.54. The lowest BCUT2D eigenvalue weighted by Gasteiger charge is -2.16. The number of para-hydroxylation sites is 1. The Morgan fingerprint density at radius 1 is 1.35 bits per heavy atom. The molecule has 1 aliphatic rings. The first-order valence-electron chi connectivity index (χ1n) is 6.82. The Labute approximate surface area is 136 Å². The molecule has 0 amide bonds. The van der Waals surface area contributed by atoms with E-state index in [1.165, 1.54) is 22.2 Å². The van der Waals surface area contributed by atoms with Crippen molar-refractivity contribution in [3.05, 3.63) is 35.5 Å². The quantitative estimate of drug-likeness (QED) is 0.782. The first-order valence-corrected chi connectivity index (χ1v) is 6.82. The van der Waals surface area contributed by atoms with E-state index in [0.29, 0.717) is 0 Å². The van der Waals surface area contributed by atoms with Crippen LogP contribution in [0.2, 0.25) is 0 Å². The summed E-state index contributed by atoms with van der Waals surface area (Å²) in [7, 11) is 2.13. The zero-order valence-corrected chi connectivity index (χ0v) is 14.3. The van der Waals surface area contributed by atoms with Gasteiger partial charge >= 0.3 is 0 Å². The third-order valence-corrected chi connectivity index (χ3v) is 3.83. The van der Waals surface area contributed by atoms with Gasteiger partial charge in [0, 0.05) is 36.7 Å². The van der Waals surface area contributed by atoms with Crippen molar-refractivity contribution in [2.75, 3.05) is 13.1 Å². The topological polar surface area (TPSA) is 41.4 Å². The third-order valence-electron chi connectivity index (χ3n) is 3.83. The number of hydrogen-bond donors (Lipinski definition) is 2. The molecule has 2 heterocycles. The molecule has 1 aromatic heterocycles. The molecule has 3 rings (SSSR count). The van der Waals surface area contributed by atoms with Crippen LogP contribution in [0, 0.1) is 6.92 Å². The summed E-state index contributed by atoms with van der Waals surface area (Å²) in [4.78, 5) is 4.44. The maximum Gasteiger partial charge on any atom is 0.191 e. The predicted molar refractivity (Wildman–Crippen MR) is 94.8 cm³/mol. The molecule has 0 fully saturated rings. The van der Waals surface area contributed by atoms with Gasteiger partial charge in [-0.3, -0.25) is 4.99 Å². The molecule has 1 aliphatic heterocycles. The van der Waals surface area contributed by atoms with Crippen LogP contribution in [0.4, 0.5) is 0 Å². The van der Waals surface area contributed by atoms with Crippen LogP contribution in [0.25, 0.3) is 10.9 Å². The normalized spacial score (nSPS) is 14.4. The summed E-state index contributed by atoms with van der Waals surface area (Å²) in [5.74, 6) is 0.927. The number of rotatable bonds is 2. The standard InChI is InChI=1S/C15H20N4.HI/c1-11-12-6-3-4-7-13(12)19(2)14(11)10-18-15-16-8-5-9-17-15;/h3-4,6-7H,5,8-10H2,1-2H3,(H2,16,17,18);1H. The molecule has 2 N–H and O–H groups in total. The summed E-state index contributed by atoms with van der Waals surface area (Å²) in [6, 6.07) is 8.54. The number of hydrogen-bond acceptors (Lipinski definition) is 3. The van der Waals surface area contributed by atoms with Gasteiger partial charge in [0.05, 0.1) is 6.54 Å². The van der Waals surface area contributed by atoms with E-state index < -0.39 is 0 Å². The van der Waals surface area contributed by atoms with Gasteiger partial charge in [-0.25, -0.2) is 0 Å². The molecule has 0 spiro atoms.